The van der Waals surface area contributed by atoms with Crippen molar-refractivity contribution in [3.05, 3.63) is 59.7 Å². The molecule has 2 aromatic rings. The molecule has 3 amide bonds. The fourth-order valence-electron chi connectivity index (χ4n) is 3.90. The van der Waals surface area contributed by atoms with E-state index in [-0.39, 0.29) is 19.1 Å². The lowest BCUT2D eigenvalue weighted by Crippen LogP contribution is -2.52. The van der Waals surface area contributed by atoms with Gasteiger partial charge in [0.15, 0.2) is 0 Å². The third-order valence-electron chi connectivity index (χ3n) is 5.60. The molecule has 0 spiro atoms. The zero-order valence-corrected chi connectivity index (χ0v) is 19.4. The molecule has 180 valence electrons. The lowest BCUT2D eigenvalue weighted by molar-refractivity contribution is -0.144. The highest BCUT2D eigenvalue weighted by Gasteiger charge is 2.32. The first kappa shape index (κ1) is 24.8. The zero-order chi connectivity index (χ0) is 24.9. The first-order valence-corrected chi connectivity index (χ1v) is 11.0. The number of ether oxygens (including phenoxy) is 1. The van der Waals surface area contributed by atoms with Gasteiger partial charge in [-0.2, -0.15) is 0 Å². The molecule has 1 aliphatic rings. The van der Waals surface area contributed by atoms with Crippen LogP contribution >= 0.6 is 0 Å². The molecule has 0 bridgehead atoms. The number of aliphatic carboxylic acids is 1. The van der Waals surface area contributed by atoms with Gasteiger partial charge in [-0.25, -0.2) is 9.59 Å². The van der Waals surface area contributed by atoms with Crippen molar-refractivity contribution in [2.24, 2.45) is 5.41 Å². The van der Waals surface area contributed by atoms with Crippen molar-refractivity contribution in [2.45, 2.75) is 32.7 Å². The minimum absolute atomic E-state index is 0.0966. The van der Waals surface area contributed by atoms with Crippen molar-refractivity contribution >= 4 is 23.9 Å². The highest BCUT2D eigenvalue weighted by Crippen LogP contribution is 2.44. The second-order valence-electron chi connectivity index (χ2n) is 9.16. The number of hydrogen-bond donors (Lipinski definition) is 4. The number of rotatable bonds is 8. The number of carbonyl (C=O) groups excluding carboxylic acids is 3. The summed E-state index contributed by atoms with van der Waals surface area (Å²) >= 11 is 0. The molecular formula is C25H29N3O6. The Kier molecular flexibility index (Phi) is 7.55. The molecule has 3 rings (SSSR count). The molecule has 0 aromatic heterocycles. The number of nitrogens with one attached hydrogen (secondary N) is 3. The number of hydrogen-bond acceptors (Lipinski definition) is 5. The molecule has 0 saturated heterocycles. The Morgan fingerprint density at radius 3 is 1.94 bits per heavy atom. The van der Waals surface area contributed by atoms with Crippen molar-refractivity contribution in [3.63, 3.8) is 0 Å². The maximum absolute atomic E-state index is 12.1. The molecule has 0 heterocycles. The van der Waals surface area contributed by atoms with E-state index in [0.717, 1.165) is 22.3 Å². The van der Waals surface area contributed by atoms with Crippen molar-refractivity contribution in [1.29, 1.82) is 0 Å². The molecule has 34 heavy (non-hydrogen) atoms. The molecule has 0 radical (unpaired) electrons. The molecular weight excluding hydrogens is 438 g/mol. The van der Waals surface area contributed by atoms with Crippen LogP contribution < -0.4 is 16.0 Å². The minimum atomic E-state index is -1.16. The predicted molar refractivity (Wildman–Crippen MR) is 125 cm³/mol. The molecule has 2 aromatic carbocycles. The van der Waals surface area contributed by atoms with Gasteiger partial charge in [0, 0.05) is 5.92 Å². The molecule has 1 aliphatic carbocycles. The topological polar surface area (TPSA) is 134 Å². The normalized spacial score (nSPS) is 13.3. The van der Waals surface area contributed by atoms with Crippen molar-refractivity contribution in [1.82, 2.24) is 16.0 Å². The van der Waals surface area contributed by atoms with E-state index < -0.39 is 41.9 Å². The smallest absolute Gasteiger partial charge is 0.407 e. The third-order valence-corrected chi connectivity index (χ3v) is 5.60. The average Bonchev–Trinajstić information content (AvgIpc) is 3.11. The van der Waals surface area contributed by atoms with Crippen LogP contribution in [0.1, 0.15) is 37.8 Å². The monoisotopic (exact) mass is 467 g/mol. The molecule has 4 N–H and O–H groups in total. The summed E-state index contributed by atoms with van der Waals surface area (Å²) in [6.45, 7) is 4.37. The van der Waals surface area contributed by atoms with Crippen LogP contribution in [0.25, 0.3) is 11.1 Å². The minimum Gasteiger partial charge on any atom is -0.480 e. The van der Waals surface area contributed by atoms with E-state index in [9.17, 15) is 24.3 Å². The van der Waals surface area contributed by atoms with Crippen LogP contribution in [0.4, 0.5) is 4.79 Å². The Bertz CT molecular complexity index is 1050. The Morgan fingerprint density at radius 1 is 0.882 bits per heavy atom. The van der Waals surface area contributed by atoms with Gasteiger partial charge < -0.3 is 25.8 Å². The molecule has 0 saturated carbocycles. The van der Waals surface area contributed by atoms with Crippen LogP contribution in [0.5, 0.6) is 0 Å². The summed E-state index contributed by atoms with van der Waals surface area (Å²) in [6, 6.07) is 14.8. The van der Waals surface area contributed by atoms with Crippen LogP contribution in [-0.2, 0) is 19.1 Å². The molecule has 0 aliphatic heterocycles. The van der Waals surface area contributed by atoms with E-state index >= 15 is 0 Å². The van der Waals surface area contributed by atoms with Gasteiger partial charge in [0.25, 0.3) is 0 Å². The zero-order valence-electron chi connectivity index (χ0n) is 19.4. The van der Waals surface area contributed by atoms with Gasteiger partial charge in [-0.05, 0) is 27.7 Å². The Labute approximate surface area is 197 Å². The number of amides is 3. The van der Waals surface area contributed by atoms with Crippen LogP contribution in [0.2, 0.25) is 0 Å². The summed E-state index contributed by atoms with van der Waals surface area (Å²) in [4.78, 5) is 47.4. The number of fused-ring (bicyclic) bond motifs is 3. The molecule has 9 heteroatoms. The van der Waals surface area contributed by atoms with Gasteiger partial charge in [0.05, 0.1) is 6.54 Å². The number of carboxylic acids is 1. The summed E-state index contributed by atoms with van der Waals surface area (Å²) in [5, 5.41) is 16.3. The van der Waals surface area contributed by atoms with E-state index in [1.165, 1.54) is 0 Å². The Balaban J connectivity index is 1.44. The fourth-order valence-corrected chi connectivity index (χ4v) is 3.90. The summed E-state index contributed by atoms with van der Waals surface area (Å²) in [5.74, 6) is -2.51. The standard InChI is InChI=1S/C25H29N3O6/c1-25(2,3)22(23(31)32)28-21(30)13-26-20(29)12-27-24(33)34-14-19-17-10-6-4-8-15(17)16-9-5-7-11-18(16)19/h4-11,19,22H,12-14H2,1-3H3,(H,26,29)(H,27,33)(H,28,30)(H,31,32)/t22-/m0/s1. The highest BCUT2D eigenvalue weighted by molar-refractivity contribution is 5.89. The van der Waals surface area contributed by atoms with Crippen LogP contribution in [0, 0.1) is 5.41 Å². The summed E-state index contributed by atoms with van der Waals surface area (Å²) in [7, 11) is 0. The lowest BCUT2D eigenvalue weighted by Gasteiger charge is -2.27. The predicted octanol–water partition coefficient (Wildman–Crippen LogP) is 2.26. The van der Waals surface area contributed by atoms with Gasteiger partial charge in [-0.15, -0.1) is 0 Å². The summed E-state index contributed by atoms with van der Waals surface area (Å²) in [5.41, 5.74) is 3.69. The van der Waals surface area contributed by atoms with Crippen molar-refractivity contribution in [3.8, 4) is 11.1 Å². The van der Waals surface area contributed by atoms with Crippen molar-refractivity contribution in [2.75, 3.05) is 19.7 Å². The van der Waals surface area contributed by atoms with Crippen LogP contribution in [0.3, 0.4) is 0 Å². The summed E-state index contributed by atoms with van der Waals surface area (Å²) < 4.78 is 5.36. The van der Waals surface area contributed by atoms with Gasteiger partial charge >= 0.3 is 12.1 Å². The fraction of sp³-hybridized carbons (Fsp3) is 0.360. The average molecular weight is 468 g/mol. The molecule has 0 unspecified atom stereocenters. The SMILES string of the molecule is CC(C)(C)[C@@H](NC(=O)CNC(=O)CNC(=O)OCC1c2ccccc2-c2ccccc21)C(=O)O. The second kappa shape index (κ2) is 10.4. The molecule has 1 atom stereocenters. The van der Waals surface area contributed by atoms with E-state index in [1.807, 2.05) is 48.5 Å². The van der Waals surface area contributed by atoms with E-state index in [2.05, 4.69) is 16.0 Å². The molecule has 9 nitrogen and oxygen atoms in total. The van der Waals surface area contributed by atoms with E-state index in [1.54, 1.807) is 20.8 Å². The maximum Gasteiger partial charge on any atom is 0.407 e. The van der Waals surface area contributed by atoms with E-state index in [4.69, 9.17) is 4.74 Å². The first-order chi connectivity index (χ1) is 16.1. The second-order valence-corrected chi connectivity index (χ2v) is 9.16. The number of benzene rings is 2. The maximum atomic E-state index is 12.1. The largest absolute Gasteiger partial charge is 0.480 e. The first-order valence-electron chi connectivity index (χ1n) is 11.0. The Hall–Kier alpha value is -3.88. The third kappa shape index (κ3) is 5.92. The van der Waals surface area contributed by atoms with Gasteiger partial charge in [-0.3, -0.25) is 9.59 Å². The molecule has 0 fully saturated rings. The summed E-state index contributed by atoms with van der Waals surface area (Å²) in [6.07, 6.45) is -0.750. The Morgan fingerprint density at radius 2 is 1.41 bits per heavy atom. The lowest BCUT2D eigenvalue weighted by atomic mass is 9.87. The quantitative estimate of drug-likeness (QED) is 0.471. The number of alkyl carbamates (subject to hydrolysis) is 1. The van der Waals surface area contributed by atoms with E-state index in [0.29, 0.717) is 0 Å². The van der Waals surface area contributed by atoms with Crippen LogP contribution in [-0.4, -0.2) is 54.7 Å². The number of carboxylic acid groups (broad SMARTS) is 1. The highest BCUT2D eigenvalue weighted by atomic mass is 16.5. The van der Waals surface area contributed by atoms with Gasteiger partial charge in [0.1, 0.15) is 19.2 Å². The van der Waals surface area contributed by atoms with Gasteiger partial charge in [-0.1, -0.05) is 69.3 Å². The van der Waals surface area contributed by atoms with Crippen molar-refractivity contribution < 1.29 is 29.0 Å². The van der Waals surface area contributed by atoms with Gasteiger partial charge in [0.2, 0.25) is 11.8 Å². The number of carbonyl (C=O) groups is 4. The van der Waals surface area contributed by atoms with Crippen LogP contribution in [0.15, 0.2) is 48.5 Å².